The van der Waals surface area contributed by atoms with E-state index in [2.05, 4.69) is 31.1 Å². The maximum absolute atomic E-state index is 11.4. The minimum Gasteiger partial charge on any atom is -0.306 e. The zero-order valence-corrected chi connectivity index (χ0v) is 12.6. The summed E-state index contributed by atoms with van der Waals surface area (Å²) in [6.45, 7) is 8.59. The number of nitrogens with zero attached hydrogens (tertiary/aromatic N) is 1. The molecule has 0 aliphatic rings. The van der Waals surface area contributed by atoms with E-state index in [4.69, 9.17) is 0 Å². The van der Waals surface area contributed by atoms with Crippen LogP contribution in [0.2, 0.25) is 0 Å². The SMILES string of the molecule is CC(c1nc(CNC(C)(C)C)cs1)S(C)(=O)=O. The standard InChI is InChI=1S/C11H20N2O2S2/c1-8(17(5,14)15)10-13-9(7-16-10)6-12-11(2,3)4/h7-8,12H,6H2,1-5H3. The molecule has 0 amide bonds. The molecular weight excluding hydrogens is 256 g/mol. The molecule has 0 aliphatic carbocycles. The number of thiazole rings is 1. The van der Waals surface area contributed by atoms with E-state index in [0.29, 0.717) is 11.6 Å². The fourth-order valence-corrected chi connectivity index (χ4v) is 2.99. The molecule has 0 aromatic carbocycles. The third kappa shape index (κ3) is 4.73. The van der Waals surface area contributed by atoms with Crippen molar-refractivity contribution in [3.05, 3.63) is 16.1 Å². The second-order valence-corrected chi connectivity index (χ2v) is 8.51. The summed E-state index contributed by atoms with van der Waals surface area (Å²) in [6, 6.07) is 0. The number of nitrogens with one attached hydrogen (secondary N) is 1. The molecule has 1 heterocycles. The Morgan fingerprint density at radius 2 is 2.06 bits per heavy atom. The van der Waals surface area contributed by atoms with E-state index >= 15 is 0 Å². The first-order valence-electron chi connectivity index (χ1n) is 5.48. The fraction of sp³-hybridized carbons (Fsp3) is 0.727. The molecule has 98 valence electrons. The molecule has 1 N–H and O–H groups in total. The topological polar surface area (TPSA) is 59.1 Å². The quantitative estimate of drug-likeness (QED) is 0.915. The lowest BCUT2D eigenvalue weighted by molar-refractivity contribution is 0.421. The molecule has 1 unspecified atom stereocenters. The van der Waals surface area contributed by atoms with Crippen molar-refractivity contribution >= 4 is 21.2 Å². The first-order valence-corrected chi connectivity index (χ1v) is 8.31. The molecule has 17 heavy (non-hydrogen) atoms. The van der Waals surface area contributed by atoms with Gasteiger partial charge in [0.1, 0.15) is 10.3 Å². The zero-order chi connectivity index (χ0) is 13.3. The Labute approximate surface area is 107 Å². The van der Waals surface area contributed by atoms with Crippen LogP contribution in [0.1, 0.15) is 43.6 Å². The van der Waals surface area contributed by atoms with Crippen LogP contribution in [-0.4, -0.2) is 25.2 Å². The third-order valence-corrected chi connectivity index (χ3v) is 5.09. The summed E-state index contributed by atoms with van der Waals surface area (Å²) in [7, 11) is -3.06. The van der Waals surface area contributed by atoms with Gasteiger partial charge in [0.15, 0.2) is 9.84 Å². The molecule has 6 heteroatoms. The van der Waals surface area contributed by atoms with Gasteiger partial charge in [0, 0.05) is 23.7 Å². The average Bonchev–Trinajstić information content (AvgIpc) is 2.59. The highest BCUT2D eigenvalue weighted by molar-refractivity contribution is 7.91. The maximum Gasteiger partial charge on any atom is 0.156 e. The third-order valence-electron chi connectivity index (χ3n) is 2.36. The van der Waals surface area contributed by atoms with Gasteiger partial charge in [0.05, 0.1) is 5.69 Å². The first kappa shape index (κ1) is 14.6. The predicted molar refractivity (Wildman–Crippen MR) is 72.0 cm³/mol. The lowest BCUT2D eigenvalue weighted by atomic mass is 10.1. The highest BCUT2D eigenvalue weighted by atomic mass is 32.2. The van der Waals surface area contributed by atoms with Crippen LogP contribution < -0.4 is 5.32 Å². The van der Waals surface area contributed by atoms with Gasteiger partial charge in [0.2, 0.25) is 0 Å². The van der Waals surface area contributed by atoms with Gasteiger partial charge in [-0.05, 0) is 27.7 Å². The van der Waals surface area contributed by atoms with Gasteiger partial charge in [-0.2, -0.15) is 0 Å². The number of aromatic nitrogens is 1. The molecule has 0 saturated heterocycles. The summed E-state index contributed by atoms with van der Waals surface area (Å²) in [5.41, 5.74) is 0.932. The van der Waals surface area contributed by atoms with E-state index in [1.807, 2.05) is 5.38 Å². The van der Waals surface area contributed by atoms with E-state index in [1.54, 1.807) is 6.92 Å². The Morgan fingerprint density at radius 1 is 1.47 bits per heavy atom. The Kier molecular flexibility index (Phi) is 4.33. The van der Waals surface area contributed by atoms with Gasteiger partial charge in [-0.3, -0.25) is 0 Å². The van der Waals surface area contributed by atoms with Crippen molar-refractivity contribution in [2.45, 2.75) is 45.0 Å². The smallest absolute Gasteiger partial charge is 0.156 e. The van der Waals surface area contributed by atoms with Crippen LogP contribution in [0.3, 0.4) is 0 Å². The number of sulfone groups is 1. The van der Waals surface area contributed by atoms with Crippen LogP contribution >= 0.6 is 11.3 Å². The van der Waals surface area contributed by atoms with Gasteiger partial charge in [-0.15, -0.1) is 11.3 Å². The largest absolute Gasteiger partial charge is 0.306 e. The molecule has 1 atom stereocenters. The Hall–Kier alpha value is -0.460. The summed E-state index contributed by atoms with van der Waals surface area (Å²) in [4.78, 5) is 4.36. The first-order chi connectivity index (χ1) is 7.59. The molecule has 0 aliphatic heterocycles. The Bertz CT molecular complexity index is 472. The van der Waals surface area contributed by atoms with E-state index in [0.717, 1.165) is 5.69 Å². The van der Waals surface area contributed by atoms with Crippen molar-refractivity contribution in [2.75, 3.05) is 6.26 Å². The van der Waals surface area contributed by atoms with Crippen LogP contribution in [0, 0.1) is 0 Å². The monoisotopic (exact) mass is 276 g/mol. The lowest BCUT2D eigenvalue weighted by Crippen LogP contribution is -2.35. The zero-order valence-electron chi connectivity index (χ0n) is 10.9. The minimum atomic E-state index is -3.06. The molecule has 0 bridgehead atoms. The number of hydrogen-bond donors (Lipinski definition) is 1. The van der Waals surface area contributed by atoms with Crippen LogP contribution in [0.5, 0.6) is 0 Å². The van der Waals surface area contributed by atoms with Crippen LogP contribution in [0.4, 0.5) is 0 Å². The van der Waals surface area contributed by atoms with E-state index in [-0.39, 0.29) is 5.54 Å². The molecule has 1 rings (SSSR count). The maximum atomic E-state index is 11.4. The van der Waals surface area contributed by atoms with Gasteiger partial charge >= 0.3 is 0 Å². The van der Waals surface area contributed by atoms with E-state index in [9.17, 15) is 8.42 Å². The molecule has 0 fully saturated rings. The molecule has 1 aromatic rings. The minimum absolute atomic E-state index is 0.0340. The summed E-state index contributed by atoms with van der Waals surface area (Å²) < 4.78 is 22.8. The highest BCUT2D eigenvalue weighted by Crippen LogP contribution is 2.24. The molecule has 0 radical (unpaired) electrons. The van der Waals surface area contributed by atoms with Crippen molar-refractivity contribution in [2.24, 2.45) is 0 Å². The van der Waals surface area contributed by atoms with Gasteiger partial charge in [-0.25, -0.2) is 13.4 Å². The second-order valence-electron chi connectivity index (χ2n) is 5.25. The van der Waals surface area contributed by atoms with Crippen LogP contribution in [-0.2, 0) is 16.4 Å². The van der Waals surface area contributed by atoms with Crippen LogP contribution in [0.15, 0.2) is 5.38 Å². The van der Waals surface area contributed by atoms with Gasteiger partial charge in [0.25, 0.3) is 0 Å². The number of rotatable bonds is 4. The summed E-state index contributed by atoms with van der Waals surface area (Å²) in [6.07, 6.45) is 1.24. The summed E-state index contributed by atoms with van der Waals surface area (Å²) in [5.74, 6) is 0. The fourth-order valence-electron chi connectivity index (χ4n) is 1.13. The van der Waals surface area contributed by atoms with Crippen molar-refractivity contribution < 1.29 is 8.42 Å². The molecule has 0 saturated carbocycles. The Balaban J connectivity index is 2.73. The lowest BCUT2D eigenvalue weighted by Gasteiger charge is -2.19. The highest BCUT2D eigenvalue weighted by Gasteiger charge is 2.20. The van der Waals surface area contributed by atoms with Crippen molar-refractivity contribution in [1.29, 1.82) is 0 Å². The molecular formula is C11H20N2O2S2. The average molecular weight is 276 g/mol. The summed E-state index contributed by atoms with van der Waals surface area (Å²) in [5, 5.41) is 5.38. The Morgan fingerprint density at radius 3 is 2.53 bits per heavy atom. The van der Waals surface area contributed by atoms with Gasteiger partial charge < -0.3 is 5.32 Å². The van der Waals surface area contributed by atoms with Crippen LogP contribution in [0.25, 0.3) is 0 Å². The summed E-state index contributed by atoms with van der Waals surface area (Å²) >= 11 is 1.40. The number of hydrogen-bond acceptors (Lipinski definition) is 5. The van der Waals surface area contributed by atoms with E-state index < -0.39 is 15.1 Å². The van der Waals surface area contributed by atoms with E-state index in [1.165, 1.54) is 17.6 Å². The molecule has 1 aromatic heterocycles. The predicted octanol–water partition coefficient (Wildman–Crippen LogP) is 2.14. The normalized spacial score (nSPS) is 14.9. The van der Waals surface area contributed by atoms with Crippen molar-refractivity contribution in [3.8, 4) is 0 Å². The molecule has 4 nitrogen and oxygen atoms in total. The molecule has 0 spiro atoms. The van der Waals surface area contributed by atoms with Crippen molar-refractivity contribution in [1.82, 2.24) is 10.3 Å². The van der Waals surface area contributed by atoms with Gasteiger partial charge in [-0.1, -0.05) is 0 Å². The second kappa shape index (κ2) is 5.04. The van der Waals surface area contributed by atoms with Crippen molar-refractivity contribution in [3.63, 3.8) is 0 Å².